The van der Waals surface area contributed by atoms with E-state index in [9.17, 15) is 13.2 Å². The number of nitrogens with zero attached hydrogens (tertiary/aromatic N) is 4. The lowest BCUT2D eigenvalue weighted by atomic mass is 10.2. The monoisotopic (exact) mass is 450 g/mol. The number of carbonyl (C=O) groups is 1. The van der Waals surface area contributed by atoms with Gasteiger partial charge in [0.15, 0.2) is 0 Å². The van der Waals surface area contributed by atoms with Crippen molar-refractivity contribution in [3.05, 3.63) is 46.7 Å². The molecule has 0 aliphatic carbocycles. The van der Waals surface area contributed by atoms with Gasteiger partial charge in [-0.3, -0.25) is 4.79 Å². The molecule has 30 heavy (non-hydrogen) atoms. The zero-order valence-electron chi connectivity index (χ0n) is 17.3. The Balaban J connectivity index is 1.53. The fraction of sp³-hybridized carbons (Fsp3) is 0.476. The summed E-state index contributed by atoms with van der Waals surface area (Å²) >= 11 is 6.09. The summed E-state index contributed by atoms with van der Waals surface area (Å²) in [5, 5.41) is 0.665. The van der Waals surface area contributed by atoms with E-state index in [1.807, 2.05) is 24.3 Å². The average Bonchev–Trinajstić information content (AvgIpc) is 3.37. The second-order valence-corrected chi connectivity index (χ2v) is 10.3. The van der Waals surface area contributed by atoms with Crippen molar-refractivity contribution in [2.75, 3.05) is 44.2 Å². The number of rotatable bonds is 4. The zero-order chi connectivity index (χ0) is 21.5. The van der Waals surface area contributed by atoms with Crippen LogP contribution in [-0.4, -0.2) is 67.4 Å². The largest absolute Gasteiger partial charge is 0.369 e. The third kappa shape index (κ3) is 3.84. The molecule has 0 unspecified atom stereocenters. The molecule has 9 heteroatoms. The molecule has 1 aromatic heterocycles. The van der Waals surface area contributed by atoms with Crippen LogP contribution in [0.15, 0.2) is 35.2 Å². The number of hydrogen-bond donors (Lipinski definition) is 0. The minimum absolute atomic E-state index is 0.0923. The van der Waals surface area contributed by atoms with Gasteiger partial charge in [-0.15, -0.1) is 0 Å². The van der Waals surface area contributed by atoms with Crippen molar-refractivity contribution >= 4 is 33.2 Å². The normalized spacial score (nSPS) is 18.2. The van der Waals surface area contributed by atoms with E-state index in [0.717, 1.165) is 31.6 Å². The van der Waals surface area contributed by atoms with E-state index in [0.29, 0.717) is 42.6 Å². The van der Waals surface area contributed by atoms with E-state index in [1.54, 1.807) is 29.5 Å². The van der Waals surface area contributed by atoms with Crippen molar-refractivity contribution in [2.24, 2.45) is 7.05 Å². The maximum atomic E-state index is 13.4. The maximum Gasteiger partial charge on any atom is 0.270 e. The Bertz CT molecular complexity index is 1050. The predicted octanol–water partition coefficient (Wildman–Crippen LogP) is 2.73. The van der Waals surface area contributed by atoms with Crippen LogP contribution in [0.4, 0.5) is 5.69 Å². The first kappa shape index (κ1) is 21.2. The number of anilines is 1. The van der Waals surface area contributed by atoms with Gasteiger partial charge in [-0.05, 0) is 44.0 Å². The van der Waals surface area contributed by atoms with Crippen LogP contribution in [0.3, 0.4) is 0 Å². The molecule has 2 aliphatic rings. The molecule has 162 valence electrons. The highest BCUT2D eigenvalue weighted by atomic mass is 35.5. The number of piperazine rings is 1. The summed E-state index contributed by atoms with van der Waals surface area (Å²) in [6, 6.07) is 9.14. The number of hydrogen-bond acceptors (Lipinski definition) is 4. The van der Waals surface area contributed by atoms with Crippen LogP contribution in [0, 0.1) is 6.92 Å². The van der Waals surface area contributed by atoms with Crippen molar-refractivity contribution in [2.45, 2.75) is 24.7 Å². The Hall–Kier alpha value is -2.03. The van der Waals surface area contributed by atoms with Crippen molar-refractivity contribution in [3.63, 3.8) is 0 Å². The molecular formula is C21H27ClN4O3S. The molecule has 0 N–H and O–H groups in total. The second kappa shape index (κ2) is 8.24. The van der Waals surface area contributed by atoms with E-state index >= 15 is 0 Å². The Labute approximate surface area is 182 Å². The van der Waals surface area contributed by atoms with Crippen LogP contribution in [0.25, 0.3) is 0 Å². The smallest absolute Gasteiger partial charge is 0.270 e. The molecule has 0 bridgehead atoms. The molecule has 2 saturated heterocycles. The van der Waals surface area contributed by atoms with Crippen molar-refractivity contribution in [1.82, 2.24) is 13.8 Å². The molecule has 1 aromatic carbocycles. The number of sulfonamides is 1. The van der Waals surface area contributed by atoms with Crippen LogP contribution < -0.4 is 4.90 Å². The number of aromatic nitrogens is 1. The number of benzene rings is 1. The van der Waals surface area contributed by atoms with Gasteiger partial charge in [-0.1, -0.05) is 17.7 Å². The van der Waals surface area contributed by atoms with Gasteiger partial charge in [-0.25, -0.2) is 8.42 Å². The third-order valence-corrected chi connectivity index (χ3v) is 8.38. The molecule has 2 fully saturated rings. The first-order valence-electron chi connectivity index (χ1n) is 10.3. The van der Waals surface area contributed by atoms with E-state index in [-0.39, 0.29) is 10.8 Å². The lowest BCUT2D eigenvalue weighted by Crippen LogP contribution is -2.48. The lowest BCUT2D eigenvalue weighted by Gasteiger charge is -2.35. The molecular weight excluding hydrogens is 424 g/mol. The fourth-order valence-electron chi connectivity index (χ4n) is 4.22. The Morgan fingerprint density at radius 3 is 2.30 bits per heavy atom. The van der Waals surface area contributed by atoms with Gasteiger partial charge in [-0.2, -0.15) is 4.31 Å². The van der Waals surface area contributed by atoms with Crippen LogP contribution >= 0.6 is 11.6 Å². The molecule has 0 atom stereocenters. The van der Waals surface area contributed by atoms with Gasteiger partial charge in [0, 0.05) is 62.7 Å². The summed E-state index contributed by atoms with van der Waals surface area (Å²) in [4.78, 5) is 17.0. The number of halogens is 1. The zero-order valence-corrected chi connectivity index (χ0v) is 18.9. The first-order valence-corrected chi connectivity index (χ1v) is 12.1. The topological polar surface area (TPSA) is 65.9 Å². The average molecular weight is 451 g/mol. The quantitative estimate of drug-likeness (QED) is 0.718. The van der Waals surface area contributed by atoms with Crippen LogP contribution in [0.2, 0.25) is 5.02 Å². The second-order valence-electron chi connectivity index (χ2n) is 7.91. The Kier molecular flexibility index (Phi) is 5.83. The number of likely N-dealkylation sites (tertiary alicyclic amines) is 1. The maximum absolute atomic E-state index is 13.4. The van der Waals surface area contributed by atoms with E-state index in [1.165, 1.54) is 4.31 Å². The molecule has 2 aliphatic heterocycles. The van der Waals surface area contributed by atoms with E-state index in [4.69, 9.17) is 11.6 Å². The van der Waals surface area contributed by atoms with Crippen LogP contribution in [-0.2, 0) is 17.1 Å². The fourth-order valence-corrected chi connectivity index (χ4v) is 6.10. The molecule has 4 rings (SSSR count). The van der Waals surface area contributed by atoms with Gasteiger partial charge in [0.25, 0.3) is 5.91 Å². The number of amides is 1. The first-order chi connectivity index (χ1) is 14.3. The molecule has 1 amide bonds. The highest BCUT2D eigenvalue weighted by Crippen LogP contribution is 2.27. The standard InChI is InChI=1S/C21H27ClN4O3S/c1-16-20(15-19(23(16)2)21(27)25-8-3-4-9-25)30(28,29)26-12-10-24(11-13-26)18-7-5-6-17(22)14-18/h5-7,14-15H,3-4,8-13H2,1-2H3. The summed E-state index contributed by atoms with van der Waals surface area (Å²) in [6.45, 7) is 5.18. The van der Waals surface area contributed by atoms with Gasteiger partial charge in [0.1, 0.15) is 10.6 Å². The van der Waals surface area contributed by atoms with Gasteiger partial charge in [0.2, 0.25) is 10.0 Å². The molecule has 2 aromatic rings. The molecule has 0 radical (unpaired) electrons. The lowest BCUT2D eigenvalue weighted by molar-refractivity contribution is 0.0783. The molecule has 0 spiro atoms. The van der Waals surface area contributed by atoms with Crippen molar-refractivity contribution < 1.29 is 13.2 Å². The molecule has 3 heterocycles. The van der Waals surface area contributed by atoms with Crippen LogP contribution in [0.5, 0.6) is 0 Å². The summed E-state index contributed by atoms with van der Waals surface area (Å²) in [7, 11) is -1.92. The number of carbonyl (C=O) groups excluding carboxylic acids is 1. The Morgan fingerprint density at radius 2 is 1.67 bits per heavy atom. The summed E-state index contributed by atoms with van der Waals surface area (Å²) in [6.07, 6.45) is 1.99. The van der Waals surface area contributed by atoms with Crippen LogP contribution in [0.1, 0.15) is 29.0 Å². The highest BCUT2D eigenvalue weighted by molar-refractivity contribution is 7.89. The van der Waals surface area contributed by atoms with Gasteiger partial charge < -0.3 is 14.4 Å². The predicted molar refractivity (Wildman–Crippen MR) is 118 cm³/mol. The van der Waals surface area contributed by atoms with Crippen molar-refractivity contribution in [3.8, 4) is 0 Å². The molecule has 0 saturated carbocycles. The van der Waals surface area contributed by atoms with Gasteiger partial charge >= 0.3 is 0 Å². The summed E-state index contributed by atoms with van der Waals surface area (Å²) in [5.74, 6) is -0.0923. The summed E-state index contributed by atoms with van der Waals surface area (Å²) in [5.41, 5.74) is 2.02. The minimum atomic E-state index is -3.68. The molecule has 7 nitrogen and oxygen atoms in total. The third-order valence-electron chi connectivity index (χ3n) is 6.13. The van der Waals surface area contributed by atoms with Gasteiger partial charge in [0.05, 0.1) is 0 Å². The van der Waals surface area contributed by atoms with E-state index in [2.05, 4.69) is 4.90 Å². The minimum Gasteiger partial charge on any atom is -0.369 e. The van der Waals surface area contributed by atoms with Crippen molar-refractivity contribution in [1.29, 1.82) is 0 Å². The van der Waals surface area contributed by atoms with E-state index < -0.39 is 10.0 Å². The SMILES string of the molecule is Cc1c(S(=O)(=O)N2CCN(c3cccc(Cl)c3)CC2)cc(C(=O)N2CCCC2)n1C. The highest BCUT2D eigenvalue weighted by Gasteiger charge is 2.33. The Morgan fingerprint density at radius 1 is 1.00 bits per heavy atom. The summed E-state index contributed by atoms with van der Waals surface area (Å²) < 4.78 is 29.9.